The van der Waals surface area contributed by atoms with Crippen molar-refractivity contribution in [3.63, 3.8) is 0 Å². The van der Waals surface area contributed by atoms with E-state index in [2.05, 4.69) is 5.32 Å². The number of likely N-dealkylation sites (tertiary alicyclic amines) is 1. The van der Waals surface area contributed by atoms with Crippen molar-refractivity contribution in [3.05, 3.63) is 66.2 Å². The molecule has 0 bridgehead atoms. The molecule has 2 atom stereocenters. The predicted octanol–water partition coefficient (Wildman–Crippen LogP) is 2.05. The van der Waals surface area contributed by atoms with E-state index in [1.54, 1.807) is 0 Å². The molecule has 1 heterocycles. The third kappa shape index (κ3) is 3.63. The number of benzene rings is 2. The van der Waals surface area contributed by atoms with Gasteiger partial charge in [-0.05, 0) is 0 Å². The molecular formula is C18H18N2O2Se. The zero-order chi connectivity index (χ0) is 16.2. The Balaban J connectivity index is 1.62. The second-order valence-corrected chi connectivity index (χ2v) is 8.06. The number of urea groups is 1. The second-order valence-electron chi connectivity index (χ2n) is 5.44. The standard InChI is InChI=1S/C18H18N2O2Se/c1-13(14-8-4-2-5-9-14)19-18(22)20-16(21)12-17(20)23-15-10-6-3-7-11-15/h2-11,13,17H,12H2,1H3,(H,19,22)/t13-,17+/m1/s1. The Hall–Kier alpha value is -2.10. The summed E-state index contributed by atoms with van der Waals surface area (Å²) in [7, 11) is 0. The molecule has 0 spiro atoms. The van der Waals surface area contributed by atoms with Gasteiger partial charge in [0.15, 0.2) is 0 Å². The van der Waals surface area contributed by atoms with Crippen molar-refractivity contribution in [2.45, 2.75) is 24.3 Å². The number of carbonyl (C=O) groups excluding carboxylic acids is 2. The molecule has 3 rings (SSSR count). The van der Waals surface area contributed by atoms with Gasteiger partial charge in [-0.1, -0.05) is 0 Å². The fourth-order valence-corrected chi connectivity index (χ4v) is 4.92. The van der Waals surface area contributed by atoms with Gasteiger partial charge >= 0.3 is 142 Å². The van der Waals surface area contributed by atoms with Crippen molar-refractivity contribution < 1.29 is 9.59 Å². The van der Waals surface area contributed by atoms with Crippen LogP contribution in [0, 0.1) is 0 Å². The minimum atomic E-state index is -0.291. The molecule has 2 aromatic rings. The Morgan fingerprint density at radius 1 is 1.13 bits per heavy atom. The summed E-state index contributed by atoms with van der Waals surface area (Å²) in [5.74, 6) is -0.0921. The van der Waals surface area contributed by atoms with Gasteiger partial charge in [-0.25, -0.2) is 0 Å². The number of nitrogens with one attached hydrogen (secondary N) is 1. The summed E-state index contributed by atoms with van der Waals surface area (Å²) in [6.45, 7) is 1.93. The van der Waals surface area contributed by atoms with Crippen molar-refractivity contribution in [2.75, 3.05) is 0 Å². The van der Waals surface area contributed by atoms with Crippen LogP contribution in [0.25, 0.3) is 0 Å². The van der Waals surface area contributed by atoms with Crippen LogP contribution in [-0.4, -0.2) is 36.7 Å². The van der Waals surface area contributed by atoms with Crippen LogP contribution in [0.15, 0.2) is 60.7 Å². The Morgan fingerprint density at radius 2 is 1.74 bits per heavy atom. The van der Waals surface area contributed by atoms with E-state index in [0.29, 0.717) is 6.42 Å². The van der Waals surface area contributed by atoms with Crippen LogP contribution in [0.4, 0.5) is 4.79 Å². The first-order valence-electron chi connectivity index (χ1n) is 7.54. The Bertz CT molecular complexity index is 691. The first-order valence-corrected chi connectivity index (χ1v) is 9.39. The zero-order valence-corrected chi connectivity index (χ0v) is 14.5. The number of hydrogen-bond acceptors (Lipinski definition) is 2. The first-order chi connectivity index (χ1) is 11.1. The molecule has 5 heteroatoms. The van der Waals surface area contributed by atoms with Gasteiger partial charge in [-0.3, -0.25) is 0 Å². The Kier molecular flexibility index (Phi) is 4.79. The number of imide groups is 1. The molecule has 1 N–H and O–H groups in total. The van der Waals surface area contributed by atoms with Crippen LogP contribution in [-0.2, 0) is 4.79 Å². The summed E-state index contributed by atoms with van der Waals surface area (Å²) in [6, 6.07) is 19.4. The summed E-state index contributed by atoms with van der Waals surface area (Å²) in [4.78, 5) is 25.7. The molecule has 1 saturated heterocycles. The normalized spacial score (nSPS) is 18.2. The van der Waals surface area contributed by atoms with Gasteiger partial charge in [0.2, 0.25) is 0 Å². The van der Waals surface area contributed by atoms with Crippen LogP contribution >= 0.6 is 0 Å². The van der Waals surface area contributed by atoms with Crippen LogP contribution in [0.5, 0.6) is 0 Å². The minimum absolute atomic E-state index is 0.0142. The van der Waals surface area contributed by atoms with Gasteiger partial charge in [0.1, 0.15) is 0 Å². The summed E-state index contributed by atoms with van der Waals surface area (Å²) >= 11 is 0.0858. The van der Waals surface area contributed by atoms with E-state index in [9.17, 15) is 9.59 Å². The molecule has 0 saturated carbocycles. The summed E-state index contributed by atoms with van der Waals surface area (Å²) in [6.07, 6.45) is 0.460. The van der Waals surface area contributed by atoms with Gasteiger partial charge in [0.05, 0.1) is 0 Å². The van der Waals surface area contributed by atoms with Crippen LogP contribution in [0.2, 0.25) is 0 Å². The fourth-order valence-electron chi connectivity index (χ4n) is 2.46. The third-order valence-electron chi connectivity index (χ3n) is 3.78. The molecular weight excluding hydrogens is 355 g/mol. The Labute approximate surface area is 142 Å². The van der Waals surface area contributed by atoms with Crippen molar-refractivity contribution in [2.24, 2.45) is 0 Å². The molecule has 23 heavy (non-hydrogen) atoms. The van der Waals surface area contributed by atoms with E-state index in [1.165, 1.54) is 9.36 Å². The van der Waals surface area contributed by atoms with Gasteiger partial charge in [-0.15, -0.1) is 0 Å². The zero-order valence-electron chi connectivity index (χ0n) is 12.8. The van der Waals surface area contributed by atoms with E-state index >= 15 is 0 Å². The molecule has 2 aromatic carbocycles. The van der Waals surface area contributed by atoms with E-state index in [4.69, 9.17) is 0 Å². The average Bonchev–Trinajstić information content (AvgIpc) is 2.55. The van der Waals surface area contributed by atoms with E-state index in [1.807, 2.05) is 67.6 Å². The van der Waals surface area contributed by atoms with Gasteiger partial charge in [0, 0.05) is 0 Å². The Morgan fingerprint density at radius 3 is 2.35 bits per heavy atom. The number of hydrogen-bond donors (Lipinski definition) is 1. The molecule has 0 unspecified atom stereocenters. The molecule has 1 fully saturated rings. The number of amides is 3. The topological polar surface area (TPSA) is 49.4 Å². The quantitative estimate of drug-likeness (QED) is 0.659. The molecule has 0 aliphatic carbocycles. The number of nitrogens with zero attached hydrogens (tertiary/aromatic N) is 1. The summed E-state index contributed by atoms with van der Waals surface area (Å²) < 4.78 is 1.20. The summed E-state index contributed by atoms with van der Waals surface area (Å²) in [5, 5.41) is 2.92. The number of rotatable bonds is 4. The van der Waals surface area contributed by atoms with Gasteiger partial charge in [0.25, 0.3) is 0 Å². The molecule has 1 aliphatic heterocycles. The maximum absolute atomic E-state index is 12.4. The molecule has 1 aliphatic rings. The molecule has 0 radical (unpaired) electrons. The monoisotopic (exact) mass is 374 g/mol. The summed E-state index contributed by atoms with van der Waals surface area (Å²) in [5.41, 5.74) is 1.03. The maximum atomic E-state index is 12.4. The average molecular weight is 373 g/mol. The van der Waals surface area contributed by atoms with Crippen LogP contribution < -0.4 is 9.78 Å². The fraction of sp³-hybridized carbons (Fsp3) is 0.222. The molecule has 118 valence electrons. The number of carbonyl (C=O) groups is 2. The molecule has 0 aromatic heterocycles. The van der Waals surface area contributed by atoms with E-state index in [-0.39, 0.29) is 37.9 Å². The van der Waals surface area contributed by atoms with Crippen LogP contribution in [0.3, 0.4) is 0 Å². The van der Waals surface area contributed by atoms with Crippen molar-refractivity contribution in [1.29, 1.82) is 0 Å². The third-order valence-corrected chi connectivity index (χ3v) is 6.28. The molecule has 4 nitrogen and oxygen atoms in total. The van der Waals surface area contributed by atoms with E-state index in [0.717, 1.165) is 5.56 Å². The van der Waals surface area contributed by atoms with Crippen molar-refractivity contribution in [3.8, 4) is 0 Å². The van der Waals surface area contributed by atoms with E-state index < -0.39 is 0 Å². The predicted molar refractivity (Wildman–Crippen MR) is 90.5 cm³/mol. The number of β-lactam (4-membered cyclic amide) rings is 1. The van der Waals surface area contributed by atoms with Gasteiger partial charge < -0.3 is 0 Å². The van der Waals surface area contributed by atoms with Crippen molar-refractivity contribution in [1.82, 2.24) is 10.2 Å². The molecule has 3 amide bonds. The second kappa shape index (κ2) is 6.99. The SMILES string of the molecule is C[C@@H](NC(=O)N1C(=O)C[C@@H]1[Se]c1ccccc1)c1ccccc1. The van der Waals surface area contributed by atoms with Gasteiger partial charge in [-0.2, -0.15) is 0 Å². The van der Waals surface area contributed by atoms with Crippen molar-refractivity contribution >= 4 is 31.4 Å². The first kappa shape index (κ1) is 15.8. The van der Waals surface area contributed by atoms with Crippen LogP contribution in [0.1, 0.15) is 24.9 Å².